The van der Waals surface area contributed by atoms with Crippen LogP contribution in [0.5, 0.6) is 23.5 Å². The minimum absolute atomic E-state index is 0.0604. The highest BCUT2D eigenvalue weighted by Crippen LogP contribution is 2.41. The summed E-state index contributed by atoms with van der Waals surface area (Å²) >= 11 is 0. The average molecular weight is 1890 g/mol. The zero-order chi connectivity index (χ0) is 103. The van der Waals surface area contributed by atoms with E-state index in [0.717, 1.165) is 144 Å². The van der Waals surface area contributed by atoms with Gasteiger partial charge in [0.05, 0.1) is 107 Å². The molecular formula is C109H197N19O7. The number of likely N-dealkylation sites (tertiary alicyclic amines) is 3. The summed E-state index contributed by atoms with van der Waals surface area (Å²) in [6.45, 7) is 102. The third kappa shape index (κ3) is 35.1. The van der Waals surface area contributed by atoms with Crippen LogP contribution in [0.4, 0.5) is 0 Å². The highest BCUT2D eigenvalue weighted by molar-refractivity contribution is 5.36. The molecule has 0 aromatic carbocycles. The second-order valence-electron chi connectivity index (χ2n) is 49.6. The maximum atomic E-state index is 5.68. The number of ether oxygens (including phenoxy) is 7. The lowest BCUT2D eigenvalue weighted by atomic mass is 9.85. The first kappa shape index (κ1) is 118. The second kappa shape index (κ2) is 49.2. The van der Waals surface area contributed by atoms with Crippen molar-refractivity contribution in [3.05, 3.63) is 117 Å². The molecule has 26 heteroatoms. The Morgan fingerprint density at radius 2 is 0.711 bits per heavy atom. The second-order valence-corrected chi connectivity index (χ2v) is 49.6. The Morgan fingerprint density at radius 1 is 0.333 bits per heavy atom. The molecule has 0 saturated carbocycles. The number of methoxy groups -OCH3 is 6. The standard InChI is InChI=1S/2C17H31N3O.C16H29N3.C13H22N2O.C12H22N2O2.C12H22N2.2C11H20N2O/c1-16(2,3)14-12-20(18-15(14)21-7)13-8-10-19(11-9-13)17(4,5)6;1-16(2,3)14-12-18-20(15(14)21-7)13-8-10-19(11-9-13)17(4,5)6;1-15(2,3)13-11-17-19(12-13)14-7-9-18(10-8-14)16(4,5)6;1-10-12(13(2,3)4)9-15(14-10)11-5-7-16-8-6-11;1-12(2,3)10-9-14(7-6-8-15-4)13-11(10)16-5;1-8(2)14-10(4)11(9(3)13-14)12(5,6)7;1-8(2)13-10(14-6)9(7-12-13)11(3,4)5;1-9-10(11(2,3)4)8-13(12-9)6-7-14-5/h2*12-13H,8-11H2,1-7H3;11-12,14H,7-10H2,1-6H3;9,11H,5-8H2,1-4H3;9H,6-8H2,1-5H3;8H,1-7H3;7-8H,1-6H3;8H,6-7H2,1-5H3. The Hall–Kier alpha value is -7.36. The minimum Gasteiger partial charge on any atom is -0.481 e. The van der Waals surface area contributed by atoms with Gasteiger partial charge in [-0.25, -0.2) is 9.36 Å². The first-order valence-electron chi connectivity index (χ1n) is 50.5. The Kier molecular flexibility index (Phi) is 43.0. The first-order valence-corrected chi connectivity index (χ1v) is 50.5. The van der Waals surface area contributed by atoms with Crippen LogP contribution in [0.25, 0.3) is 0 Å². The molecule has 4 saturated heterocycles. The molecule has 0 amide bonds. The first-order chi connectivity index (χ1) is 62.0. The van der Waals surface area contributed by atoms with Crippen LogP contribution < -0.4 is 18.9 Å². The molecule has 770 valence electrons. The molecule has 8 aromatic rings. The van der Waals surface area contributed by atoms with E-state index in [4.69, 9.17) is 33.2 Å². The lowest BCUT2D eigenvalue weighted by Gasteiger charge is -2.41. The van der Waals surface area contributed by atoms with Gasteiger partial charge in [0.1, 0.15) is 0 Å². The summed E-state index contributed by atoms with van der Waals surface area (Å²) in [4.78, 5) is 7.71. The highest BCUT2D eigenvalue weighted by atomic mass is 16.5. The summed E-state index contributed by atoms with van der Waals surface area (Å²) in [5.74, 6) is 3.33. The van der Waals surface area contributed by atoms with Crippen LogP contribution in [-0.4, -0.2) is 218 Å². The molecule has 0 radical (unpaired) electrons. The van der Waals surface area contributed by atoms with E-state index in [-0.39, 0.29) is 54.4 Å². The number of hydrogen-bond acceptors (Lipinski definition) is 18. The fourth-order valence-corrected chi connectivity index (χ4v) is 18.0. The average Bonchev–Trinajstić information content (AvgIpc) is 1.65. The topological polar surface area (TPSA) is 217 Å². The van der Waals surface area contributed by atoms with Crippen LogP contribution in [-0.2, 0) is 70.6 Å². The number of piperidine rings is 3. The van der Waals surface area contributed by atoms with Gasteiger partial charge in [-0.2, -0.15) is 30.6 Å². The van der Waals surface area contributed by atoms with Crippen LogP contribution >= 0.6 is 0 Å². The van der Waals surface area contributed by atoms with Crippen molar-refractivity contribution in [2.24, 2.45) is 0 Å². The maximum Gasteiger partial charge on any atom is 0.236 e. The van der Waals surface area contributed by atoms with E-state index in [1.54, 1.807) is 42.7 Å². The molecule has 12 heterocycles. The summed E-state index contributed by atoms with van der Waals surface area (Å²) in [6.07, 6.45) is 26.9. The Bertz CT molecular complexity index is 4740. The molecule has 0 N–H and O–H groups in total. The Morgan fingerprint density at radius 3 is 1.07 bits per heavy atom. The van der Waals surface area contributed by atoms with Gasteiger partial charge in [0, 0.05) is 167 Å². The van der Waals surface area contributed by atoms with E-state index < -0.39 is 0 Å². The quantitative estimate of drug-likeness (QED) is 0.0774. The molecule has 0 atom stereocenters. The summed E-state index contributed by atoms with van der Waals surface area (Å²) in [5.41, 5.74) is 16.7. The molecule has 12 rings (SSSR count). The van der Waals surface area contributed by atoms with Crippen LogP contribution in [0.3, 0.4) is 0 Å². The fourth-order valence-electron chi connectivity index (χ4n) is 18.0. The van der Waals surface area contributed by atoms with Gasteiger partial charge in [0.2, 0.25) is 23.5 Å². The highest BCUT2D eigenvalue weighted by Gasteiger charge is 2.36. The van der Waals surface area contributed by atoms with Crippen molar-refractivity contribution in [3.63, 3.8) is 0 Å². The zero-order valence-corrected chi connectivity index (χ0v) is 94.8. The Labute approximate surface area is 821 Å². The number of nitrogens with zero attached hydrogens (tertiary/aromatic N) is 19. The van der Waals surface area contributed by atoms with Crippen molar-refractivity contribution >= 4 is 0 Å². The van der Waals surface area contributed by atoms with Crippen LogP contribution in [0.15, 0.2) is 49.6 Å². The normalized spacial score (nSPS) is 16.2. The molecule has 4 aliphatic heterocycles. The van der Waals surface area contributed by atoms with Gasteiger partial charge >= 0.3 is 0 Å². The molecule has 4 fully saturated rings. The largest absolute Gasteiger partial charge is 0.481 e. The van der Waals surface area contributed by atoms with Gasteiger partial charge in [-0.15, -0.1) is 10.2 Å². The lowest BCUT2D eigenvalue weighted by molar-refractivity contribution is 0.0661. The molecule has 0 bridgehead atoms. The molecule has 8 aromatic heterocycles. The smallest absolute Gasteiger partial charge is 0.236 e. The van der Waals surface area contributed by atoms with E-state index >= 15 is 0 Å². The van der Waals surface area contributed by atoms with Gasteiger partial charge in [-0.05, 0) is 236 Å². The monoisotopic (exact) mass is 1880 g/mol. The van der Waals surface area contributed by atoms with Crippen molar-refractivity contribution < 1.29 is 33.2 Å². The van der Waals surface area contributed by atoms with E-state index in [2.05, 4.69) is 394 Å². The van der Waals surface area contributed by atoms with E-state index in [9.17, 15) is 0 Å². The molecule has 0 aliphatic carbocycles. The van der Waals surface area contributed by atoms with Gasteiger partial charge < -0.3 is 33.2 Å². The van der Waals surface area contributed by atoms with Gasteiger partial charge in [-0.3, -0.25) is 42.8 Å². The predicted octanol–water partition coefficient (Wildman–Crippen LogP) is 24.2. The summed E-state index contributed by atoms with van der Waals surface area (Å²) in [7, 11) is 10.3. The molecule has 0 spiro atoms. The molecule has 0 unspecified atom stereocenters. The number of rotatable bonds is 17. The lowest BCUT2D eigenvalue weighted by Crippen LogP contribution is -2.46. The summed E-state index contributed by atoms with van der Waals surface area (Å²) < 4.78 is 53.8. The number of hydrogen-bond donors (Lipinski definition) is 0. The number of aryl methyl sites for hydroxylation is 4. The molecular weight excluding hydrogens is 1690 g/mol. The van der Waals surface area contributed by atoms with Crippen LogP contribution in [0.2, 0.25) is 0 Å². The van der Waals surface area contributed by atoms with Crippen molar-refractivity contribution in [2.45, 2.75) is 451 Å². The minimum atomic E-state index is 0.0604. The SMILES string of the molecule is CC(C)(C)c1cnn(C2CCN(C(C)(C)C)CC2)c1.COCCCn1cc(C(C)(C)C)c(OC)n1.COCCn1cc(C(C)(C)C)c(C)n1.COc1c(C(C)(C)C)cnn1C(C)C.COc1c(C(C)(C)C)cnn1C1CCN(C(C)(C)C)CC1.COc1nn(C2CCN(C(C)(C)C)CC2)cc1C(C)(C)C.Cc1nn(C(C)C)c(C)c1C(C)(C)C.Cc1nn(C2CCOCC2)cc1C(C)(C)C. The van der Waals surface area contributed by atoms with Gasteiger partial charge in [0.15, 0.2) is 0 Å². The van der Waals surface area contributed by atoms with Gasteiger partial charge in [0.25, 0.3) is 0 Å². The van der Waals surface area contributed by atoms with E-state index in [0.29, 0.717) is 48.4 Å². The van der Waals surface area contributed by atoms with Crippen molar-refractivity contribution in [2.75, 3.05) is 108 Å². The van der Waals surface area contributed by atoms with E-state index in [1.165, 1.54) is 76.4 Å². The van der Waals surface area contributed by atoms with Crippen molar-refractivity contribution in [1.29, 1.82) is 0 Å². The predicted molar refractivity (Wildman–Crippen MR) is 560 cm³/mol. The van der Waals surface area contributed by atoms with E-state index in [1.807, 2.05) is 32.6 Å². The number of aromatic nitrogens is 16. The molecule has 4 aliphatic rings. The van der Waals surface area contributed by atoms with Crippen LogP contribution in [0.1, 0.15) is 418 Å². The van der Waals surface area contributed by atoms with Crippen molar-refractivity contribution in [1.82, 2.24) is 92.9 Å². The third-order valence-corrected chi connectivity index (χ3v) is 26.1. The molecule has 26 nitrogen and oxygen atoms in total. The van der Waals surface area contributed by atoms with Gasteiger partial charge in [-0.1, -0.05) is 166 Å². The zero-order valence-electron chi connectivity index (χ0n) is 94.8. The Balaban J connectivity index is 0.000000274. The third-order valence-electron chi connectivity index (χ3n) is 26.1. The van der Waals surface area contributed by atoms with Crippen LogP contribution in [0, 0.1) is 27.7 Å². The van der Waals surface area contributed by atoms with Crippen molar-refractivity contribution in [3.8, 4) is 23.5 Å². The summed E-state index contributed by atoms with van der Waals surface area (Å²) in [5, 5.41) is 36.4. The molecule has 135 heavy (non-hydrogen) atoms. The summed E-state index contributed by atoms with van der Waals surface area (Å²) in [6, 6.07) is 2.84. The maximum absolute atomic E-state index is 5.68. The fraction of sp³-hybridized carbons (Fsp3) is 0.780.